The molecule has 0 atom stereocenters. The molecule has 0 radical (unpaired) electrons. The molecule has 106 valence electrons. The molecule has 7 heteroatoms. The van der Waals surface area contributed by atoms with Gasteiger partial charge in [0.15, 0.2) is 0 Å². The van der Waals surface area contributed by atoms with E-state index in [1.165, 1.54) is 30.1 Å². The largest absolute Gasteiger partial charge is 0.416 e. The van der Waals surface area contributed by atoms with Crippen LogP contribution in [0.25, 0.3) is 5.69 Å². The molecule has 0 saturated heterocycles. The van der Waals surface area contributed by atoms with E-state index < -0.39 is 11.7 Å². The first kappa shape index (κ1) is 14.1. The van der Waals surface area contributed by atoms with Crippen molar-refractivity contribution in [3.63, 3.8) is 0 Å². The third-order valence-corrected chi connectivity index (χ3v) is 2.83. The van der Waals surface area contributed by atoms with Crippen molar-refractivity contribution in [2.45, 2.75) is 13.1 Å². The summed E-state index contributed by atoms with van der Waals surface area (Å²) >= 11 is 0. The van der Waals surface area contributed by atoms with Gasteiger partial charge in [-0.05, 0) is 31.2 Å². The molecule has 0 aliphatic heterocycles. The normalized spacial score (nSPS) is 12.2. The van der Waals surface area contributed by atoms with Crippen molar-refractivity contribution >= 4 is 6.21 Å². The number of aromatic amines is 1. The van der Waals surface area contributed by atoms with Crippen LogP contribution in [-0.4, -0.2) is 23.0 Å². The van der Waals surface area contributed by atoms with Gasteiger partial charge >= 0.3 is 6.18 Å². The zero-order chi connectivity index (χ0) is 14.9. The average molecular weight is 283 g/mol. The van der Waals surface area contributed by atoms with Gasteiger partial charge in [0.25, 0.3) is 5.56 Å². The summed E-state index contributed by atoms with van der Waals surface area (Å²) in [5.41, 5.74) is 0.204. The van der Waals surface area contributed by atoms with Crippen molar-refractivity contribution in [3.8, 4) is 5.69 Å². The summed E-state index contributed by atoms with van der Waals surface area (Å²) in [5.74, 6) is 0. The predicted octanol–water partition coefficient (Wildman–Crippen LogP) is 2.54. The van der Waals surface area contributed by atoms with Gasteiger partial charge < -0.3 is 0 Å². The molecule has 0 saturated carbocycles. The summed E-state index contributed by atoms with van der Waals surface area (Å²) in [7, 11) is 1.54. The highest BCUT2D eigenvalue weighted by Crippen LogP contribution is 2.29. The van der Waals surface area contributed by atoms with E-state index in [1.807, 2.05) is 0 Å². The lowest BCUT2D eigenvalue weighted by molar-refractivity contribution is -0.137. The topological polar surface area (TPSA) is 50.1 Å². The maximum absolute atomic E-state index is 12.5. The Kier molecular flexibility index (Phi) is 3.52. The fraction of sp³-hybridized carbons (Fsp3) is 0.231. The van der Waals surface area contributed by atoms with Gasteiger partial charge in [-0.1, -0.05) is 0 Å². The summed E-state index contributed by atoms with van der Waals surface area (Å²) < 4.78 is 38.6. The van der Waals surface area contributed by atoms with Gasteiger partial charge in [0, 0.05) is 19.0 Å². The summed E-state index contributed by atoms with van der Waals surface area (Å²) in [6, 6.07) is 4.36. The first-order chi connectivity index (χ1) is 9.34. The van der Waals surface area contributed by atoms with E-state index >= 15 is 0 Å². The molecular weight excluding hydrogens is 271 g/mol. The third kappa shape index (κ3) is 2.52. The molecule has 1 heterocycles. The molecular formula is C13H12F3N3O. The number of benzene rings is 1. The van der Waals surface area contributed by atoms with Crippen molar-refractivity contribution in [1.82, 2.24) is 9.78 Å². The Bertz CT molecular complexity index is 693. The van der Waals surface area contributed by atoms with E-state index in [0.717, 1.165) is 12.1 Å². The molecule has 0 unspecified atom stereocenters. The van der Waals surface area contributed by atoms with Crippen LogP contribution in [0.4, 0.5) is 13.2 Å². The summed E-state index contributed by atoms with van der Waals surface area (Å²) in [6.45, 7) is 1.69. The number of aryl methyl sites for hydroxylation is 1. The van der Waals surface area contributed by atoms with Crippen LogP contribution in [0.5, 0.6) is 0 Å². The average Bonchev–Trinajstić information content (AvgIpc) is 2.66. The number of alkyl halides is 3. The van der Waals surface area contributed by atoms with Crippen LogP contribution < -0.4 is 5.56 Å². The van der Waals surface area contributed by atoms with E-state index in [-0.39, 0.29) is 5.56 Å². The molecule has 20 heavy (non-hydrogen) atoms. The van der Waals surface area contributed by atoms with E-state index in [9.17, 15) is 18.0 Å². The number of nitrogens with one attached hydrogen (secondary N) is 1. The minimum absolute atomic E-state index is 0.335. The summed E-state index contributed by atoms with van der Waals surface area (Å²) in [5, 5.41) is 2.80. The van der Waals surface area contributed by atoms with Crippen LogP contribution in [0, 0.1) is 6.92 Å². The number of hydrogen-bond acceptors (Lipinski definition) is 2. The maximum atomic E-state index is 12.5. The zero-order valence-corrected chi connectivity index (χ0v) is 10.8. The molecule has 0 aliphatic rings. The minimum Gasteiger partial charge on any atom is -0.296 e. The van der Waals surface area contributed by atoms with Crippen molar-refractivity contribution in [1.29, 1.82) is 0 Å². The van der Waals surface area contributed by atoms with Gasteiger partial charge in [0.05, 0.1) is 16.8 Å². The highest BCUT2D eigenvalue weighted by Gasteiger charge is 2.30. The number of aromatic nitrogens is 2. The van der Waals surface area contributed by atoms with E-state index in [2.05, 4.69) is 10.1 Å². The molecule has 4 nitrogen and oxygen atoms in total. The molecule has 0 spiro atoms. The maximum Gasteiger partial charge on any atom is 0.416 e. The van der Waals surface area contributed by atoms with Crippen LogP contribution in [0.3, 0.4) is 0 Å². The zero-order valence-electron chi connectivity index (χ0n) is 10.8. The second-order valence-electron chi connectivity index (χ2n) is 4.22. The number of nitrogens with zero attached hydrogens (tertiary/aromatic N) is 2. The van der Waals surface area contributed by atoms with Crippen LogP contribution in [-0.2, 0) is 6.18 Å². The Balaban J connectivity index is 2.48. The Morgan fingerprint density at radius 3 is 2.35 bits per heavy atom. The molecule has 2 aromatic rings. The Hall–Kier alpha value is -2.31. The summed E-state index contributed by atoms with van der Waals surface area (Å²) in [6.07, 6.45) is -2.98. The number of hydrogen-bond donors (Lipinski definition) is 1. The molecule has 1 aromatic carbocycles. The monoisotopic (exact) mass is 283 g/mol. The van der Waals surface area contributed by atoms with Crippen molar-refractivity contribution in [2.24, 2.45) is 4.99 Å². The molecule has 0 aliphatic carbocycles. The second-order valence-corrected chi connectivity index (χ2v) is 4.22. The van der Waals surface area contributed by atoms with Gasteiger partial charge in [0.2, 0.25) is 0 Å². The fourth-order valence-corrected chi connectivity index (χ4v) is 1.82. The van der Waals surface area contributed by atoms with Crippen LogP contribution in [0.2, 0.25) is 0 Å². The Labute approximate surface area is 112 Å². The quantitative estimate of drug-likeness (QED) is 0.846. The Morgan fingerprint density at radius 2 is 1.85 bits per heavy atom. The standard InChI is InChI=1S/C13H12F3N3O/c1-8-11(7-17-2)12(20)19(18-8)10-5-3-9(4-6-10)13(14,15)16/h3-7,18H,1-2H3. The molecule has 1 aromatic heterocycles. The van der Waals surface area contributed by atoms with E-state index in [4.69, 9.17) is 0 Å². The van der Waals surface area contributed by atoms with E-state index in [0.29, 0.717) is 16.9 Å². The van der Waals surface area contributed by atoms with Crippen molar-refractivity contribution in [2.75, 3.05) is 7.05 Å². The molecule has 0 bridgehead atoms. The molecule has 1 N–H and O–H groups in total. The minimum atomic E-state index is -4.39. The number of rotatable bonds is 2. The first-order valence-corrected chi connectivity index (χ1v) is 5.76. The van der Waals surface area contributed by atoms with Crippen LogP contribution in [0.15, 0.2) is 34.1 Å². The lowest BCUT2D eigenvalue weighted by Crippen LogP contribution is -2.17. The first-order valence-electron chi connectivity index (χ1n) is 5.76. The second kappa shape index (κ2) is 4.99. The molecule has 2 rings (SSSR count). The number of halogens is 3. The van der Waals surface area contributed by atoms with Gasteiger partial charge in [-0.3, -0.25) is 14.9 Å². The summed E-state index contributed by atoms with van der Waals surface area (Å²) in [4.78, 5) is 15.9. The van der Waals surface area contributed by atoms with Crippen molar-refractivity contribution in [3.05, 3.63) is 51.4 Å². The Morgan fingerprint density at radius 1 is 1.25 bits per heavy atom. The fourth-order valence-electron chi connectivity index (χ4n) is 1.82. The van der Waals surface area contributed by atoms with Gasteiger partial charge in [-0.2, -0.15) is 13.2 Å². The number of H-pyrrole nitrogens is 1. The van der Waals surface area contributed by atoms with Crippen molar-refractivity contribution < 1.29 is 13.2 Å². The van der Waals surface area contributed by atoms with Crippen LogP contribution >= 0.6 is 0 Å². The number of aliphatic imine (C=N–C) groups is 1. The highest BCUT2D eigenvalue weighted by atomic mass is 19.4. The lowest BCUT2D eigenvalue weighted by Gasteiger charge is -2.07. The van der Waals surface area contributed by atoms with Gasteiger partial charge in [0.1, 0.15) is 0 Å². The third-order valence-electron chi connectivity index (χ3n) is 2.83. The van der Waals surface area contributed by atoms with Gasteiger partial charge in [-0.15, -0.1) is 0 Å². The molecule has 0 amide bonds. The SMILES string of the molecule is CN=Cc1c(C)[nH]n(-c2ccc(C(F)(F)F)cc2)c1=O. The predicted molar refractivity (Wildman–Crippen MR) is 69.6 cm³/mol. The van der Waals surface area contributed by atoms with Crippen LogP contribution in [0.1, 0.15) is 16.8 Å². The highest BCUT2D eigenvalue weighted by molar-refractivity contribution is 5.80. The smallest absolute Gasteiger partial charge is 0.296 e. The molecule has 0 fully saturated rings. The lowest BCUT2D eigenvalue weighted by atomic mass is 10.2. The van der Waals surface area contributed by atoms with Gasteiger partial charge in [-0.25, -0.2) is 4.68 Å². The van der Waals surface area contributed by atoms with E-state index in [1.54, 1.807) is 6.92 Å².